The maximum atomic E-state index is 13.1. The predicted molar refractivity (Wildman–Crippen MR) is 122 cm³/mol. The molecule has 2 aromatic carbocycles. The van der Waals surface area contributed by atoms with Crippen LogP contribution in [0.4, 0.5) is 5.69 Å². The summed E-state index contributed by atoms with van der Waals surface area (Å²) in [4.78, 5) is 34.0. The highest BCUT2D eigenvalue weighted by Crippen LogP contribution is 2.24. The lowest BCUT2D eigenvalue weighted by molar-refractivity contribution is -0.154. The number of carbonyl (C=O) groups excluding carboxylic acids is 1. The fraction of sp³-hybridized carbons (Fsp3) is 0.240. The van der Waals surface area contributed by atoms with Crippen molar-refractivity contribution in [1.29, 1.82) is 0 Å². The number of piperazine rings is 1. The van der Waals surface area contributed by atoms with Crippen LogP contribution in [0.2, 0.25) is 0 Å². The Kier molecular flexibility index (Phi) is 6.47. The first kappa shape index (κ1) is 21.5. The predicted octanol–water partition coefficient (Wildman–Crippen LogP) is 2.66. The highest BCUT2D eigenvalue weighted by Gasteiger charge is 2.47. The largest absolute Gasteiger partial charge is 0.478 e. The molecule has 0 aliphatic carbocycles. The van der Waals surface area contributed by atoms with Gasteiger partial charge in [-0.15, -0.1) is 0 Å². The van der Waals surface area contributed by atoms with Crippen LogP contribution in [0.5, 0.6) is 0 Å². The molecule has 2 N–H and O–H groups in total. The van der Waals surface area contributed by atoms with Crippen molar-refractivity contribution >= 4 is 17.6 Å². The van der Waals surface area contributed by atoms with Gasteiger partial charge in [0.2, 0.25) is 0 Å². The number of nitrogens with zero attached hydrogens (tertiary/aromatic N) is 3. The molecule has 0 bridgehead atoms. The molecule has 2 heterocycles. The van der Waals surface area contributed by atoms with Gasteiger partial charge in [0.25, 0.3) is 5.91 Å². The van der Waals surface area contributed by atoms with E-state index in [9.17, 15) is 14.7 Å². The molecule has 1 saturated heterocycles. The van der Waals surface area contributed by atoms with E-state index in [0.717, 1.165) is 11.3 Å². The average Bonchev–Trinajstić information content (AvgIpc) is 2.85. The number of amides is 1. The molecule has 1 atom stereocenters. The summed E-state index contributed by atoms with van der Waals surface area (Å²) < 4.78 is 0. The summed E-state index contributed by atoms with van der Waals surface area (Å²) in [7, 11) is 0. The number of carbonyl (C=O) groups is 2. The Morgan fingerprint density at radius 3 is 2.06 bits per heavy atom. The Hall–Kier alpha value is -3.71. The molecule has 4 rings (SSSR count). The van der Waals surface area contributed by atoms with Gasteiger partial charge in [0.05, 0.1) is 0 Å². The topological polar surface area (TPSA) is 85.8 Å². The van der Waals surface area contributed by atoms with Gasteiger partial charge in [-0.25, -0.2) is 4.79 Å². The van der Waals surface area contributed by atoms with Crippen molar-refractivity contribution < 1.29 is 14.7 Å². The number of aromatic nitrogens is 1. The number of carboxylic acid groups (broad SMARTS) is 1. The first-order valence-corrected chi connectivity index (χ1v) is 10.6. The number of benzene rings is 2. The first-order chi connectivity index (χ1) is 15.6. The molecule has 0 radical (unpaired) electrons. The van der Waals surface area contributed by atoms with Crippen molar-refractivity contribution in [3.63, 3.8) is 0 Å². The van der Waals surface area contributed by atoms with Crippen LogP contribution in [0, 0.1) is 0 Å². The molecule has 1 aliphatic rings. The van der Waals surface area contributed by atoms with Crippen molar-refractivity contribution in [1.82, 2.24) is 15.2 Å². The molecular weight excluding hydrogens is 404 g/mol. The van der Waals surface area contributed by atoms with Gasteiger partial charge in [0.1, 0.15) is 0 Å². The first-order valence-electron chi connectivity index (χ1n) is 10.6. The van der Waals surface area contributed by atoms with Gasteiger partial charge in [0.15, 0.2) is 5.66 Å². The molecule has 7 heteroatoms. The van der Waals surface area contributed by atoms with Crippen LogP contribution in [0.15, 0.2) is 85.2 Å². The highest BCUT2D eigenvalue weighted by molar-refractivity contribution is 5.97. The zero-order valence-corrected chi connectivity index (χ0v) is 17.7. The summed E-state index contributed by atoms with van der Waals surface area (Å²) in [6.07, 6.45) is 3.66. The molecule has 1 unspecified atom stereocenters. The number of anilines is 1. The number of pyridine rings is 1. The Morgan fingerprint density at radius 2 is 1.47 bits per heavy atom. The number of carboxylic acids is 1. The van der Waals surface area contributed by atoms with Crippen LogP contribution in [0.1, 0.15) is 15.9 Å². The van der Waals surface area contributed by atoms with Crippen LogP contribution >= 0.6 is 0 Å². The zero-order valence-electron chi connectivity index (χ0n) is 17.7. The van der Waals surface area contributed by atoms with Gasteiger partial charge in [-0.05, 0) is 29.8 Å². The van der Waals surface area contributed by atoms with E-state index in [0.29, 0.717) is 31.7 Å². The lowest BCUT2D eigenvalue weighted by Crippen LogP contribution is -2.70. The monoisotopic (exact) mass is 430 g/mol. The van der Waals surface area contributed by atoms with Gasteiger partial charge in [0, 0.05) is 56.2 Å². The fourth-order valence-electron chi connectivity index (χ4n) is 4.14. The van der Waals surface area contributed by atoms with Crippen LogP contribution < -0.4 is 10.2 Å². The number of hydrogen-bond acceptors (Lipinski definition) is 5. The lowest BCUT2D eigenvalue weighted by atomic mass is 9.95. The molecule has 1 aromatic heterocycles. The van der Waals surface area contributed by atoms with Crippen molar-refractivity contribution in [3.05, 3.63) is 96.3 Å². The normalized spacial score (nSPS) is 16.2. The summed E-state index contributed by atoms with van der Waals surface area (Å²) in [5.74, 6) is -1.47. The van der Waals surface area contributed by atoms with Gasteiger partial charge in [-0.2, -0.15) is 0 Å². The summed E-state index contributed by atoms with van der Waals surface area (Å²) >= 11 is 0. The van der Waals surface area contributed by atoms with Crippen molar-refractivity contribution in [2.75, 3.05) is 31.1 Å². The third kappa shape index (κ3) is 4.63. The second-order valence-corrected chi connectivity index (χ2v) is 7.83. The molecule has 32 heavy (non-hydrogen) atoms. The Balaban J connectivity index is 1.62. The minimum Gasteiger partial charge on any atom is -0.478 e. The number of rotatable bonds is 7. The SMILES string of the molecule is O=C(NC(Cc1ccccc1)(C(=O)O)N1CCN(c2ccncc2)CC1)c1ccccc1. The van der Waals surface area contributed by atoms with Crippen molar-refractivity contribution in [3.8, 4) is 0 Å². The lowest BCUT2D eigenvalue weighted by Gasteiger charge is -2.46. The number of nitrogens with one attached hydrogen (secondary N) is 1. The van der Waals surface area contributed by atoms with Gasteiger partial charge in [-0.1, -0.05) is 48.5 Å². The third-order valence-corrected chi connectivity index (χ3v) is 5.86. The molecule has 1 amide bonds. The second kappa shape index (κ2) is 9.62. The Bertz CT molecular complexity index is 1040. The van der Waals surface area contributed by atoms with E-state index in [1.54, 1.807) is 36.7 Å². The minimum absolute atomic E-state index is 0.164. The maximum Gasteiger partial charge on any atom is 0.345 e. The molecule has 3 aromatic rings. The smallest absolute Gasteiger partial charge is 0.345 e. The van der Waals surface area contributed by atoms with Crippen LogP contribution in [0.3, 0.4) is 0 Å². The Morgan fingerprint density at radius 1 is 0.875 bits per heavy atom. The number of hydrogen-bond donors (Lipinski definition) is 2. The minimum atomic E-state index is -1.56. The van der Waals surface area contributed by atoms with Crippen molar-refractivity contribution in [2.24, 2.45) is 0 Å². The maximum absolute atomic E-state index is 13.1. The van der Waals surface area contributed by atoms with E-state index in [1.165, 1.54) is 0 Å². The Labute approximate surface area is 187 Å². The second-order valence-electron chi connectivity index (χ2n) is 7.83. The van der Waals surface area contributed by atoms with Crippen molar-refractivity contribution in [2.45, 2.75) is 12.1 Å². The van der Waals surface area contributed by atoms with Crippen LogP contribution in [-0.2, 0) is 11.2 Å². The van der Waals surface area contributed by atoms with E-state index in [1.807, 2.05) is 53.4 Å². The molecular formula is C25H26N4O3. The van der Waals surface area contributed by atoms with E-state index in [2.05, 4.69) is 15.2 Å². The average molecular weight is 431 g/mol. The quantitative estimate of drug-likeness (QED) is 0.600. The van der Waals surface area contributed by atoms with Gasteiger partial charge < -0.3 is 15.3 Å². The molecule has 1 aliphatic heterocycles. The molecule has 7 nitrogen and oxygen atoms in total. The van der Waals surface area contributed by atoms with Gasteiger partial charge >= 0.3 is 5.97 Å². The third-order valence-electron chi connectivity index (χ3n) is 5.86. The number of aliphatic carboxylic acids is 1. The van der Waals surface area contributed by atoms with Gasteiger partial charge in [-0.3, -0.25) is 14.7 Å². The fourth-order valence-corrected chi connectivity index (χ4v) is 4.14. The standard InChI is InChI=1S/C25H26N4O3/c30-23(21-9-5-2-6-10-21)27-25(24(31)32,19-20-7-3-1-4-8-20)29-17-15-28(16-18-29)22-11-13-26-14-12-22/h1-14H,15-19H2,(H,27,30)(H,31,32). The molecule has 0 saturated carbocycles. The van der Waals surface area contributed by atoms with E-state index < -0.39 is 17.5 Å². The molecule has 1 fully saturated rings. The zero-order chi connectivity index (χ0) is 22.4. The van der Waals surface area contributed by atoms with Crippen LogP contribution in [-0.4, -0.2) is 58.7 Å². The summed E-state index contributed by atoms with van der Waals surface area (Å²) in [6, 6.07) is 22.0. The summed E-state index contributed by atoms with van der Waals surface area (Å²) in [6.45, 7) is 2.29. The summed E-state index contributed by atoms with van der Waals surface area (Å²) in [5.41, 5.74) is 0.775. The van der Waals surface area contributed by atoms with Crippen LogP contribution in [0.25, 0.3) is 0 Å². The molecule has 164 valence electrons. The highest BCUT2D eigenvalue weighted by atomic mass is 16.4. The summed E-state index contributed by atoms with van der Waals surface area (Å²) in [5, 5.41) is 13.3. The van der Waals surface area contributed by atoms with E-state index >= 15 is 0 Å². The van der Waals surface area contributed by atoms with E-state index in [4.69, 9.17) is 0 Å². The molecule has 0 spiro atoms. The van der Waals surface area contributed by atoms with E-state index in [-0.39, 0.29) is 6.42 Å².